The smallest absolute Gasteiger partial charge is 0.327 e. The number of ether oxygens (including phenoxy) is 2. The minimum atomic E-state index is -0.374. The van der Waals surface area contributed by atoms with Crippen molar-refractivity contribution in [2.45, 2.75) is 48.5 Å². The van der Waals surface area contributed by atoms with Gasteiger partial charge < -0.3 is 14.8 Å². The van der Waals surface area contributed by atoms with Gasteiger partial charge in [-0.2, -0.15) is 4.98 Å². The van der Waals surface area contributed by atoms with Crippen molar-refractivity contribution < 1.29 is 14.3 Å². The van der Waals surface area contributed by atoms with E-state index in [4.69, 9.17) is 9.47 Å². The molecule has 0 bridgehead atoms. The molecule has 2 aromatic rings. The van der Waals surface area contributed by atoms with Gasteiger partial charge in [0.1, 0.15) is 5.82 Å². The minimum absolute atomic E-state index is 0.167. The first-order valence-electron chi connectivity index (χ1n) is 10.3. The molecular formula is C21H24IN5O3. The van der Waals surface area contributed by atoms with E-state index < -0.39 is 0 Å². The second kappa shape index (κ2) is 8.27. The first kappa shape index (κ1) is 20.0. The van der Waals surface area contributed by atoms with Crippen molar-refractivity contribution in [3.63, 3.8) is 0 Å². The normalized spacial score (nSPS) is 20.8. The number of para-hydroxylation sites is 1. The first-order valence-corrected chi connectivity index (χ1v) is 11.8. The van der Waals surface area contributed by atoms with E-state index >= 15 is 0 Å². The number of fused-ring (bicyclic) bond motifs is 1. The third kappa shape index (κ3) is 3.85. The van der Waals surface area contributed by atoms with Crippen LogP contribution in [-0.2, 0) is 20.4 Å². The summed E-state index contributed by atoms with van der Waals surface area (Å²) < 4.78 is 12.4. The Labute approximate surface area is 188 Å². The maximum Gasteiger partial charge on any atom is 0.327 e. The molecule has 2 N–H and O–H groups in total. The van der Waals surface area contributed by atoms with Gasteiger partial charge in [0, 0.05) is 40.8 Å². The summed E-state index contributed by atoms with van der Waals surface area (Å²) in [6, 6.07) is 8.07. The Hall–Kier alpha value is -1.98. The molecule has 9 heteroatoms. The molecule has 8 nitrogen and oxygen atoms in total. The number of carbonyl (C=O) groups is 1. The summed E-state index contributed by atoms with van der Waals surface area (Å²) in [4.78, 5) is 23.6. The molecule has 0 atom stereocenters. The lowest BCUT2D eigenvalue weighted by molar-refractivity contribution is -0.177. The summed E-state index contributed by atoms with van der Waals surface area (Å²) >= 11 is 2.32. The van der Waals surface area contributed by atoms with Crippen LogP contribution >= 0.6 is 22.6 Å². The van der Waals surface area contributed by atoms with Crippen molar-refractivity contribution in [1.82, 2.24) is 9.97 Å². The lowest BCUT2D eigenvalue weighted by Crippen LogP contribution is -2.40. The lowest BCUT2D eigenvalue weighted by atomic mass is 9.90. The fourth-order valence-corrected chi connectivity index (χ4v) is 5.01. The third-order valence-electron chi connectivity index (χ3n) is 5.98. The maximum absolute atomic E-state index is 12.8. The average molecular weight is 521 g/mol. The van der Waals surface area contributed by atoms with Crippen molar-refractivity contribution >= 4 is 46.1 Å². The summed E-state index contributed by atoms with van der Waals surface area (Å²) in [6.07, 6.45) is 5.42. The van der Waals surface area contributed by atoms with Gasteiger partial charge in [0.2, 0.25) is 5.95 Å². The maximum atomic E-state index is 12.8. The highest BCUT2D eigenvalue weighted by Gasteiger charge is 2.40. The summed E-state index contributed by atoms with van der Waals surface area (Å²) in [5.74, 6) is 0.750. The van der Waals surface area contributed by atoms with Crippen LogP contribution in [0.25, 0.3) is 0 Å². The molecule has 1 saturated carbocycles. The molecule has 158 valence electrons. The Morgan fingerprint density at radius 2 is 2.00 bits per heavy atom. The highest BCUT2D eigenvalue weighted by atomic mass is 127. The number of rotatable bonds is 4. The molecule has 2 amide bonds. The number of alkyl halides is 1. The highest BCUT2D eigenvalue weighted by molar-refractivity contribution is 14.1. The van der Waals surface area contributed by atoms with Crippen molar-refractivity contribution in [2.75, 3.05) is 28.7 Å². The average Bonchev–Trinajstić information content (AvgIpc) is 3.23. The predicted molar refractivity (Wildman–Crippen MR) is 122 cm³/mol. The van der Waals surface area contributed by atoms with Crippen LogP contribution in [0.2, 0.25) is 0 Å². The van der Waals surface area contributed by atoms with Crippen LogP contribution in [0.4, 0.5) is 22.2 Å². The van der Waals surface area contributed by atoms with Crippen molar-refractivity contribution in [1.29, 1.82) is 0 Å². The molecule has 1 aromatic carbocycles. The summed E-state index contributed by atoms with van der Waals surface area (Å²) in [7, 11) is 0. The predicted octanol–water partition coefficient (Wildman–Crippen LogP) is 4.06. The Balaban J connectivity index is 1.27. The zero-order chi connectivity index (χ0) is 20.6. The molecule has 1 spiro atoms. The summed E-state index contributed by atoms with van der Waals surface area (Å²) in [6.45, 7) is 1.83. The van der Waals surface area contributed by atoms with Crippen LogP contribution < -0.4 is 15.5 Å². The number of benzene rings is 1. The number of aromatic nitrogens is 2. The van der Waals surface area contributed by atoms with Gasteiger partial charge in [0.05, 0.1) is 19.8 Å². The number of amides is 2. The number of urea groups is 1. The van der Waals surface area contributed by atoms with Crippen molar-refractivity contribution in [3.8, 4) is 0 Å². The van der Waals surface area contributed by atoms with Crippen LogP contribution in [0, 0.1) is 0 Å². The molecule has 5 rings (SSSR count). The van der Waals surface area contributed by atoms with Crippen LogP contribution in [0.3, 0.4) is 0 Å². The van der Waals surface area contributed by atoms with Gasteiger partial charge in [-0.1, -0.05) is 40.8 Å². The summed E-state index contributed by atoms with van der Waals surface area (Å²) in [5.41, 5.74) is 2.95. The topological polar surface area (TPSA) is 88.6 Å². The number of nitrogens with one attached hydrogen (secondary N) is 2. The van der Waals surface area contributed by atoms with E-state index in [1.165, 1.54) is 0 Å². The Kier molecular flexibility index (Phi) is 5.50. The van der Waals surface area contributed by atoms with E-state index in [2.05, 4.69) is 43.2 Å². The van der Waals surface area contributed by atoms with Crippen LogP contribution in [0.15, 0.2) is 30.5 Å². The van der Waals surface area contributed by atoms with E-state index in [0.717, 1.165) is 46.9 Å². The monoisotopic (exact) mass is 521 g/mol. The molecule has 30 heavy (non-hydrogen) atoms. The van der Waals surface area contributed by atoms with E-state index in [1.54, 1.807) is 11.1 Å². The molecule has 1 aromatic heterocycles. The number of hydrogen-bond acceptors (Lipinski definition) is 6. The van der Waals surface area contributed by atoms with Gasteiger partial charge in [0.25, 0.3) is 0 Å². The number of carbonyl (C=O) groups excluding carboxylic acids is 1. The van der Waals surface area contributed by atoms with Crippen molar-refractivity contribution in [2.24, 2.45) is 0 Å². The molecule has 0 unspecified atom stereocenters. The second-order valence-electron chi connectivity index (χ2n) is 7.87. The van der Waals surface area contributed by atoms with Gasteiger partial charge in [-0.05, 0) is 24.5 Å². The summed E-state index contributed by atoms with van der Waals surface area (Å²) in [5, 5.41) is 6.34. The molecule has 2 aliphatic heterocycles. The van der Waals surface area contributed by atoms with E-state index in [-0.39, 0.29) is 17.9 Å². The van der Waals surface area contributed by atoms with E-state index in [1.807, 2.05) is 24.3 Å². The van der Waals surface area contributed by atoms with E-state index in [9.17, 15) is 4.79 Å². The van der Waals surface area contributed by atoms with Gasteiger partial charge in [-0.25, -0.2) is 9.78 Å². The van der Waals surface area contributed by atoms with Gasteiger partial charge in [-0.3, -0.25) is 10.2 Å². The molecule has 3 aliphatic rings. The minimum Gasteiger partial charge on any atom is -0.351 e. The molecular weight excluding hydrogens is 497 g/mol. The zero-order valence-electron chi connectivity index (χ0n) is 16.6. The fourth-order valence-electron chi connectivity index (χ4n) is 4.36. The van der Waals surface area contributed by atoms with Crippen LogP contribution in [0.1, 0.15) is 36.8 Å². The number of hydrogen-bond donors (Lipinski definition) is 2. The quantitative estimate of drug-likeness (QED) is 0.466. The van der Waals surface area contributed by atoms with Crippen molar-refractivity contribution in [3.05, 3.63) is 41.6 Å². The SMILES string of the molecule is O=C1Nc2nc(NC3CCC4(CC3)OCCO4)ncc2CN1c1ccccc1CI. The molecule has 1 saturated heterocycles. The zero-order valence-corrected chi connectivity index (χ0v) is 18.7. The molecule has 2 fully saturated rings. The fraction of sp³-hybridized carbons (Fsp3) is 0.476. The first-order chi connectivity index (χ1) is 14.7. The molecule has 0 radical (unpaired) electrons. The Morgan fingerprint density at radius 3 is 2.77 bits per heavy atom. The van der Waals surface area contributed by atoms with Gasteiger partial charge in [0.15, 0.2) is 5.79 Å². The largest absolute Gasteiger partial charge is 0.351 e. The Morgan fingerprint density at radius 1 is 1.23 bits per heavy atom. The lowest BCUT2D eigenvalue weighted by Gasteiger charge is -2.35. The second-order valence-corrected chi connectivity index (χ2v) is 8.64. The van der Waals surface area contributed by atoms with Crippen LogP contribution in [0.5, 0.6) is 0 Å². The Bertz CT molecular complexity index is 940. The number of halogens is 1. The molecule has 3 heterocycles. The highest BCUT2D eigenvalue weighted by Crippen LogP contribution is 2.36. The van der Waals surface area contributed by atoms with Crippen LogP contribution in [-0.4, -0.2) is 41.0 Å². The number of nitrogens with zero attached hydrogens (tertiary/aromatic N) is 3. The van der Waals surface area contributed by atoms with Gasteiger partial charge in [-0.15, -0.1) is 0 Å². The standard InChI is InChI=1S/C21H24IN5O3/c22-11-14-3-1-2-4-17(14)27-13-15-12-23-19(25-18(15)26-20(27)28)24-16-5-7-21(8-6-16)29-9-10-30-21/h1-4,12,16H,5-11,13H2,(H2,23,24,25,26,28). The van der Waals surface area contributed by atoms with Gasteiger partial charge >= 0.3 is 6.03 Å². The number of anilines is 3. The van der Waals surface area contributed by atoms with E-state index in [0.29, 0.717) is 31.5 Å². The third-order valence-corrected chi connectivity index (χ3v) is 6.81. The molecule has 1 aliphatic carbocycles.